The molecule has 0 unspecified atom stereocenters. The number of hydrogen-bond donors (Lipinski definition) is 1. The number of furan rings is 1. The van der Waals surface area contributed by atoms with Gasteiger partial charge in [-0.15, -0.1) is 0 Å². The van der Waals surface area contributed by atoms with Crippen molar-refractivity contribution >= 4 is 22.5 Å². The first-order valence-electron chi connectivity index (χ1n) is 8.46. The van der Waals surface area contributed by atoms with E-state index in [-0.39, 0.29) is 6.54 Å². The van der Waals surface area contributed by atoms with Gasteiger partial charge in [-0.25, -0.2) is 9.07 Å². The third kappa shape index (κ3) is 2.79. The van der Waals surface area contributed by atoms with Crippen molar-refractivity contribution in [2.24, 2.45) is 0 Å². The van der Waals surface area contributed by atoms with E-state index < -0.39 is 23.3 Å². The van der Waals surface area contributed by atoms with Gasteiger partial charge in [0, 0.05) is 24.2 Å². The molecule has 7 nitrogen and oxygen atoms in total. The Kier molecular flexibility index (Phi) is 4.02. The molecule has 0 spiro atoms. The molecule has 0 bridgehead atoms. The Bertz CT molecular complexity index is 1220. The Hall–Kier alpha value is -3.42. The first kappa shape index (κ1) is 17.0. The molecule has 1 aromatic carbocycles. The van der Waals surface area contributed by atoms with Crippen molar-refractivity contribution in [1.82, 2.24) is 19.5 Å². The molecule has 0 saturated heterocycles. The second-order valence-electron chi connectivity index (χ2n) is 6.32. The summed E-state index contributed by atoms with van der Waals surface area (Å²) in [6, 6.07) is 8.73. The van der Waals surface area contributed by atoms with Crippen molar-refractivity contribution in [2.45, 2.75) is 26.4 Å². The van der Waals surface area contributed by atoms with E-state index in [1.54, 1.807) is 54.8 Å². The van der Waals surface area contributed by atoms with Crippen molar-refractivity contribution in [1.29, 1.82) is 0 Å². The second kappa shape index (κ2) is 6.39. The Balaban J connectivity index is 1.65. The topological polar surface area (TPSA) is 81.5 Å². The van der Waals surface area contributed by atoms with Crippen LogP contribution in [0.15, 0.2) is 51.9 Å². The summed E-state index contributed by atoms with van der Waals surface area (Å²) in [4.78, 5) is 25.3. The van der Waals surface area contributed by atoms with Gasteiger partial charge < -0.3 is 9.73 Å². The standard InChI is InChI=1S/C19H17FN4O3/c1-11(18(25)21-10-13-5-3-4-6-14(13)20)24-19(26)16-9-17-15(7-8-27-17)23(16)12(2)22-24/h3-9,11H,10H2,1-2H3,(H,21,25)/t11-/m0/s1. The van der Waals surface area contributed by atoms with Crippen LogP contribution in [0.3, 0.4) is 0 Å². The summed E-state index contributed by atoms with van der Waals surface area (Å²) in [5.74, 6) is -0.268. The lowest BCUT2D eigenvalue weighted by atomic mass is 10.2. The van der Waals surface area contributed by atoms with Crippen molar-refractivity contribution in [2.75, 3.05) is 0 Å². The average molecular weight is 368 g/mol. The molecule has 3 heterocycles. The van der Waals surface area contributed by atoms with Crippen LogP contribution in [0.4, 0.5) is 4.39 Å². The number of halogens is 1. The summed E-state index contributed by atoms with van der Waals surface area (Å²) < 4.78 is 21.9. The number of amides is 1. The van der Waals surface area contributed by atoms with Crippen LogP contribution in [0.1, 0.15) is 24.4 Å². The van der Waals surface area contributed by atoms with Crippen LogP contribution < -0.4 is 10.9 Å². The number of fused-ring (bicyclic) bond motifs is 3. The van der Waals surface area contributed by atoms with E-state index in [9.17, 15) is 14.0 Å². The Morgan fingerprint density at radius 2 is 2.07 bits per heavy atom. The zero-order valence-corrected chi connectivity index (χ0v) is 14.8. The molecular weight excluding hydrogens is 351 g/mol. The third-order valence-electron chi connectivity index (χ3n) is 4.58. The zero-order chi connectivity index (χ0) is 19.1. The Morgan fingerprint density at radius 3 is 2.85 bits per heavy atom. The summed E-state index contributed by atoms with van der Waals surface area (Å²) in [6.07, 6.45) is 1.54. The molecule has 0 aliphatic heterocycles. The first-order valence-corrected chi connectivity index (χ1v) is 8.46. The van der Waals surface area contributed by atoms with Crippen LogP contribution >= 0.6 is 0 Å². The lowest BCUT2D eigenvalue weighted by Crippen LogP contribution is -2.38. The van der Waals surface area contributed by atoms with Gasteiger partial charge in [-0.1, -0.05) is 18.2 Å². The monoisotopic (exact) mass is 368 g/mol. The zero-order valence-electron chi connectivity index (χ0n) is 14.8. The van der Waals surface area contributed by atoms with Gasteiger partial charge in [0.25, 0.3) is 5.56 Å². The molecular formula is C19H17FN4O3. The maximum atomic E-state index is 13.7. The number of hydrogen-bond acceptors (Lipinski definition) is 4. The molecule has 4 rings (SSSR count). The second-order valence-corrected chi connectivity index (χ2v) is 6.32. The van der Waals surface area contributed by atoms with Crippen LogP contribution in [-0.2, 0) is 11.3 Å². The van der Waals surface area contributed by atoms with Crippen molar-refractivity contribution in [3.05, 3.63) is 70.2 Å². The van der Waals surface area contributed by atoms with Crippen LogP contribution in [0, 0.1) is 12.7 Å². The van der Waals surface area contributed by atoms with Gasteiger partial charge >= 0.3 is 0 Å². The van der Waals surface area contributed by atoms with Crippen LogP contribution in [0.2, 0.25) is 0 Å². The van der Waals surface area contributed by atoms with E-state index in [0.717, 1.165) is 10.2 Å². The molecule has 0 aliphatic rings. The molecule has 3 aromatic heterocycles. The summed E-state index contributed by atoms with van der Waals surface area (Å²) in [6.45, 7) is 3.36. The summed E-state index contributed by atoms with van der Waals surface area (Å²) >= 11 is 0. The predicted octanol–water partition coefficient (Wildman–Crippen LogP) is 2.57. The van der Waals surface area contributed by atoms with Gasteiger partial charge in [0.2, 0.25) is 5.91 Å². The maximum absolute atomic E-state index is 13.7. The van der Waals surface area contributed by atoms with Gasteiger partial charge in [0.15, 0.2) is 5.58 Å². The number of rotatable bonds is 4. The van der Waals surface area contributed by atoms with E-state index in [4.69, 9.17) is 4.42 Å². The van der Waals surface area contributed by atoms with E-state index in [0.29, 0.717) is 22.5 Å². The Morgan fingerprint density at radius 1 is 1.30 bits per heavy atom. The molecule has 0 aliphatic carbocycles. The number of nitrogens with one attached hydrogen (secondary N) is 1. The fraction of sp³-hybridized carbons (Fsp3) is 0.211. The summed E-state index contributed by atoms with van der Waals surface area (Å²) in [7, 11) is 0. The van der Waals surface area contributed by atoms with Crippen LogP contribution in [-0.4, -0.2) is 20.1 Å². The number of carbonyl (C=O) groups excluding carboxylic acids is 1. The van der Waals surface area contributed by atoms with E-state index in [1.807, 2.05) is 0 Å². The SMILES string of the molecule is Cc1nn([C@@H](C)C(=O)NCc2ccccc2F)c(=O)c2cc3occc3n12. The molecule has 0 fully saturated rings. The molecule has 8 heteroatoms. The van der Waals surface area contributed by atoms with Gasteiger partial charge in [-0.3, -0.25) is 14.0 Å². The van der Waals surface area contributed by atoms with Gasteiger partial charge in [0.05, 0.1) is 11.8 Å². The van der Waals surface area contributed by atoms with Crippen molar-refractivity contribution in [3.63, 3.8) is 0 Å². The van der Waals surface area contributed by atoms with E-state index in [2.05, 4.69) is 10.4 Å². The fourth-order valence-corrected chi connectivity index (χ4v) is 3.14. The highest BCUT2D eigenvalue weighted by Gasteiger charge is 2.21. The molecule has 4 aromatic rings. The minimum atomic E-state index is -0.853. The highest BCUT2D eigenvalue weighted by Crippen LogP contribution is 2.20. The highest BCUT2D eigenvalue weighted by molar-refractivity contribution is 5.83. The van der Waals surface area contributed by atoms with Gasteiger partial charge in [-0.05, 0) is 19.9 Å². The van der Waals surface area contributed by atoms with Crippen molar-refractivity contribution < 1.29 is 13.6 Å². The molecule has 1 amide bonds. The average Bonchev–Trinajstić information content (AvgIpc) is 3.24. The van der Waals surface area contributed by atoms with Crippen molar-refractivity contribution in [3.8, 4) is 0 Å². The molecule has 0 radical (unpaired) electrons. The quantitative estimate of drug-likeness (QED) is 0.600. The van der Waals surface area contributed by atoms with E-state index >= 15 is 0 Å². The number of carbonyl (C=O) groups is 1. The maximum Gasteiger partial charge on any atom is 0.291 e. The number of nitrogens with zero attached hydrogens (tertiary/aromatic N) is 3. The molecule has 0 saturated carbocycles. The minimum Gasteiger partial charge on any atom is -0.463 e. The largest absolute Gasteiger partial charge is 0.463 e. The van der Waals surface area contributed by atoms with Crippen LogP contribution in [0.25, 0.3) is 16.6 Å². The minimum absolute atomic E-state index is 0.0316. The summed E-state index contributed by atoms with van der Waals surface area (Å²) in [5, 5.41) is 6.94. The lowest BCUT2D eigenvalue weighted by molar-refractivity contribution is -0.124. The smallest absolute Gasteiger partial charge is 0.291 e. The van der Waals surface area contributed by atoms with E-state index in [1.165, 1.54) is 6.07 Å². The normalized spacial score (nSPS) is 12.6. The molecule has 1 atom stereocenters. The molecule has 138 valence electrons. The molecule has 27 heavy (non-hydrogen) atoms. The number of aryl methyl sites for hydroxylation is 1. The third-order valence-corrected chi connectivity index (χ3v) is 4.58. The number of aromatic nitrogens is 3. The Labute approximate surface area is 153 Å². The van der Waals surface area contributed by atoms with Gasteiger partial charge in [-0.2, -0.15) is 5.10 Å². The first-order chi connectivity index (χ1) is 13.0. The fourth-order valence-electron chi connectivity index (χ4n) is 3.14. The predicted molar refractivity (Wildman–Crippen MR) is 96.9 cm³/mol. The van der Waals surface area contributed by atoms with Gasteiger partial charge in [0.1, 0.15) is 23.2 Å². The van der Waals surface area contributed by atoms with Crippen LogP contribution in [0.5, 0.6) is 0 Å². The number of benzene rings is 1. The summed E-state index contributed by atoms with van der Waals surface area (Å²) in [5.41, 5.74) is 1.67. The molecule has 1 N–H and O–H groups in total. The lowest BCUT2D eigenvalue weighted by Gasteiger charge is -2.15. The highest BCUT2D eigenvalue weighted by atomic mass is 19.1.